The zero-order valence-corrected chi connectivity index (χ0v) is 5.83. The summed E-state index contributed by atoms with van der Waals surface area (Å²) in [7, 11) is 0.904. The van der Waals surface area contributed by atoms with Crippen molar-refractivity contribution >= 4 is 19.8 Å². The number of nitrogens with one attached hydrogen (secondary N) is 1. The van der Waals surface area contributed by atoms with Crippen molar-refractivity contribution in [2.75, 3.05) is 0 Å². The van der Waals surface area contributed by atoms with Gasteiger partial charge in [-0.05, 0) is 6.92 Å². The lowest BCUT2D eigenvalue weighted by Gasteiger charge is -1.97. The zero-order chi connectivity index (χ0) is 7.82. The van der Waals surface area contributed by atoms with Crippen molar-refractivity contribution in [3.63, 3.8) is 0 Å². The van der Waals surface area contributed by atoms with Crippen LogP contribution in [-0.2, 0) is 14.3 Å². The fourth-order valence-electron chi connectivity index (χ4n) is 0.214. The van der Waals surface area contributed by atoms with E-state index in [-0.39, 0.29) is 5.91 Å². The molecule has 0 aromatic carbocycles. The summed E-state index contributed by atoms with van der Waals surface area (Å²) in [4.78, 5) is 10.1. The van der Waals surface area contributed by atoms with Crippen LogP contribution < -0.4 is 5.48 Å². The van der Waals surface area contributed by atoms with Gasteiger partial charge in [0.15, 0.2) is 0 Å². The van der Waals surface area contributed by atoms with Crippen molar-refractivity contribution < 1.29 is 14.3 Å². The summed E-state index contributed by atoms with van der Waals surface area (Å²) in [6, 6.07) is 0. The van der Waals surface area contributed by atoms with E-state index in [9.17, 15) is 4.79 Å². The molecule has 55 valence electrons. The lowest BCUT2D eigenvalue weighted by Crippen LogP contribution is -2.22. The fourth-order valence-corrected chi connectivity index (χ4v) is 0.214. The Morgan fingerprint density at radius 2 is 2.50 bits per heavy atom. The van der Waals surface area contributed by atoms with Crippen molar-refractivity contribution in [3.05, 3.63) is 0 Å². The normalized spacial score (nSPS) is 9.40. The van der Waals surface area contributed by atoms with Crippen molar-refractivity contribution in [1.29, 1.82) is 0 Å². The second kappa shape index (κ2) is 6.09. The van der Waals surface area contributed by atoms with E-state index in [0.29, 0.717) is 0 Å². The van der Waals surface area contributed by atoms with Crippen molar-refractivity contribution in [2.24, 2.45) is 5.16 Å². The Bertz CT molecular complexity index is 128. The summed E-state index contributed by atoms with van der Waals surface area (Å²) < 4.78 is 8.68. The lowest BCUT2D eigenvalue weighted by molar-refractivity contribution is -0.125. The van der Waals surface area contributed by atoms with Crippen LogP contribution in [0.1, 0.15) is 13.8 Å². The highest BCUT2D eigenvalue weighted by Gasteiger charge is 1.94. The van der Waals surface area contributed by atoms with Crippen LogP contribution in [0.4, 0.5) is 0 Å². The van der Waals surface area contributed by atoms with Gasteiger partial charge in [-0.1, -0.05) is 0 Å². The maximum atomic E-state index is 10.1. The van der Waals surface area contributed by atoms with Gasteiger partial charge in [0.25, 0.3) is 0 Å². The predicted molar refractivity (Wildman–Crippen MR) is 35.9 cm³/mol. The molecule has 0 saturated heterocycles. The maximum absolute atomic E-state index is 10.1. The van der Waals surface area contributed by atoms with Gasteiger partial charge < -0.3 is 4.76 Å². The Morgan fingerprint density at radius 3 is 3.00 bits per heavy atom. The van der Waals surface area contributed by atoms with Crippen molar-refractivity contribution in [1.82, 2.24) is 5.48 Å². The summed E-state index contributed by atoms with van der Waals surface area (Å²) in [6.45, 7) is 3.00. The van der Waals surface area contributed by atoms with Gasteiger partial charge in [-0.2, -0.15) is 0 Å². The van der Waals surface area contributed by atoms with Crippen LogP contribution >= 0.6 is 0 Å². The van der Waals surface area contributed by atoms with Crippen LogP contribution in [0.5, 0.6) is 0 Å². The Morgan fingerprint density at radius 1 is 1.80 bits per heavy atom. The summed E-state index contributed by atoms with van der Waals surface area (Å²) in [5.74, 6) is -0.305. The largest absolute Gasteiger partial charge is 0.619 e. The molecule has 1 radical (unpaired) electrons. The van der Waals surface area contributed by atoms with E-state index in [1.165, 1.54) is 13.1 Å². The van der Waals surface area contributed by atoms with Crippen molar-refractivity contribution in [3.8, 4) is 0 Å². The summed E-state index contributed by atoms with van der Waals surface area (Å²) in [5, 5.41) is 3.31. The first-order valence-corrected chi connectivity index (χ1v) is 2.65. The minimum absolute atomic E-state index is 0.305. The summed E-state index contributed by atoms with van der Waals surface area (Å²) >= 11 is 0. The van der Waals surface area contributed by atoms with Gasteiger partial charge >= 0.3 is 7.69 Å². The molecule has 0 aliphatic heterocycles. The second-order valence-corrected chi connectivity index (χ2v) is 1.34. The number of rotatable bonds is 4. The summed E-state index contributed by atoms with van der Waals surface area (Å²) in [5.41, 5.74) is 2.01. The molecule has 0 heterocycles. The van der Waals surface area contributed by atoms with Crippen LogP contribution in [0, 0.1) is 0 Å². The minimum atomic E-state index is -0.305. The van der Waals surface area contributed by atoms with Gasteiger partial charge in [-0.15, -0.1) is 5.16 Å². The molecule has 6 heteroatoms. The second-order valence-electron chi connectivity index (χ2n) is 1.34. The Labute approximate surface area is 59.6 Å². The molecule has 1 N–H and O–H groups in total. The Hall–Kier alpha value is -1.04. The number of carbonyl (C=O) groups is 1. The molecule has 0 atom stereocenters. The average Bonchev–Trinajstić information content (AvgIpc) is 1.87. The van der Waals surface area contributed by atoms with E-state index >= 15 is 0 Å². The van der Waals surface area contributed by atoms with Gasteiger partial charge in [0, 0.05) is 13.1 Å². The monoisotopic (exact) mass is 143 g/mol. The number of oxime groups is 1. The Kier molecular flexibility index (Phi) is 5.46. The SMILES string of the molecule is C/C=N/O[B]ONC(C)=O. The number of amides is 1. The van der Waals surface area contributed by atoms with E-state index < -0.39 is 0 Å². The number of carbonyl (C=O) groups excluding carboxylic acids is 1. The first kappa shape index (κ1) is 8.96. The molecule has 0 fully saturated rings. The number of hydrogen-bond acceptors (Lipinski definition) is 4. The van der Waals surface area contributed by atoms with E-state index in [1.807, 2.05) is 5.48 Å². The minimum Gasteiger partial charge on any atom is -0.430 e. The highest BCUT2D eigenvalue weighted by molar-refractivity contribution is 6.18. The molecule has 10 heavy (non-hydrogen) atoms. The number of nitrogens with zero attached hydrogens (tertiary/aromatic N) is 1. The third-order valence-corrected chi connectivity index (χ3v) is 0.460. The molecule has 0 bridgehead atoms. The van der Waals surface area contributed by atoms with Gasteiger partial charge in [0.2, 0.25) is 5.91 Å². The van der Waals surface area contributed by atoms with E-state index in [1.54, 1.807) is 6.92 Å². The standard InChI is InChI=1S/C4H8BN2O3/c1-3-6-9-5-10-7-4(2)8/h3H,1-2H3,(H,7,8)/b6-3+. The molecule has 0 aromatic rings. The van der Waals surface area contributed by atoms with Crippen molar-refractivity contribution in [2.45, 2.75) is 13.8 Å². The van der Waals surface area contributed by atoms with Crippen LogP contribution in [0.25, 0.3) is 0 Å². The van der Waals surface area contributed by atoms with E-state index in [2.05, 4.69) is 14.7 Å². The first-order valence-electron chi connectivity index (χ1n) is 2.65. The molecule has 0 spiro atoms. The molecule has 0 saturated carbocycles. The molecular weight excluding hydrogens is 135 g/mol. The van der Waals surface area contributed by atoms with Gasteiger partial charge in [-0.25, -0.2) is 5.48 Å². The predicted octanol–water partition coefficient (Wildman–Crippen LogP) is -0.389. The van der Waals surface area contributed by atoms with Gasteiger partial charge in [0.05, 0.1) is 0 Å². The third kappa shape index (κ3) is 6.96. The average molecular weight is 143 g/mol. The number of hydrogen-bond donors (Lipinski definition) is 1. The quantitative estimate of drug-likeness (QED) is 0.252. The van der Waals surface area contributed by atoms with E-state index in [0.717, 1.165) is 7.69 Å². The summed E-state index contributed by atoms with van der Waals surface area (Å²) in [6.07, 6.45) is 1.44. The molecule has 0 rings (SSSR count). The molecule has 5 nitrogen and oxygen atoms in total. The smallest absolute Gasteiger partial charge is 0.430 e. The fraction of sp³-hybridized carbons (Fsp3) is 0.500. The molecular formula is C4H8BN2O3. The van der Waals surface area contributed by atoms with Crippen LogP contribution in [-0.4, -0.2) is 19.8 Å². The molecule has 0 unspecified atom stereocenters. The zero-order valence-electron chi connectivity index (χ0n) is 5.83. The maximum Gasteiger partial charge on any atom is 0.619 e. The van der Waals surface area contributed by atoms with E-state index in [4.69, 9.17) is 0 Å². The molecule has 0 aliphatic carbocycles. The molecule has 1 amide bonds. The van der Waals surface area contributed by atoms with Crippen LogP contribution in [0.2, 0.25) is 0 Å². The topological polar surface area (TPSA) is 59.9 Å². The molecule has 0 aromatic heterocycles. The Balaban J connectivity index is 2.98. The van der Waals surface area contributed by atoms with Gasteiger partial charge in [0.1, 0.15) is 0 Å². The third-order valence-electron chi connectivity index (χ3n) is 0.460. The van der Waals surface area contributed by atoms with Gasteiger partial charge in [-0.3, -0.25) is 9.55 Å². The molecule has 0 aliphatic rings. The highest BCUT2D eigenvalue weighted by Crippen LogP contribution is 1.70. The number of hydroxylamine groups is 1. The van der Waals surface area contributed by atoms with Crippen LogP contribution in [0.3, 0.4) is 0 Å². The van der Waals surface area contributed by atoms with Crippen LogP contribution in [0.15, 0.2) is 5.16 Å². The highest BCUT2D eigenvalue weighted by atomic mass is 16.7. The first-order chi connectivity index (χ1) is 4.77. The lowest BCUT2D eigenvalue weighted by atomic mass is 10.4.